The van der Waals surface area contributed by atoms with Gasteiger partial charge in [-0.05, 0) is 6.07 Å². The van der Waals surface area contributed by atoms with Gasteiger partial charge in [-0.1, -0.05) is 11.6 Å². The number of hydrogen-bond donors (Lipinski definition) is 1. The largest absolute Gasteiger partial charge is 0.417 e. The zero-order chi connectivity index (χ0) is 17.3. The number of nitrogens with zero attached hydrogens (tertiary/aromatic N) is 3. The molecule has 3 heterocycles. The number of alkyl halides is 3. The second-order valence-electron chi connectivity index (χ2n) is 5.61. The van der Waals surface area contributed by atoms with Crippen molar-refractivity contribution in [2.75, 3.05) is 42.7 Å². The van der Waals surface area contributed by atoms with Crippen LogP contribution in [0.4, 0.5) is 19.0 Å². The molecule has 10 heteroatoms. The lowest BCUT2D eigenvalue weighted by atomic mass is 10.2. The van der Waals surface area contributed by atoms with Crippen molar-refractivity contribution in [1.82, 2.24) is 15.2 Å². The number of piperazine rings is 1. The molecule has 132 valence electrons. The minimum Gasteiger partial charge on any atom is -0.352 e. The van der Waals surface area contributed by atoms with Gasteiger partial charge in [0.25, 0.3) is 0 Å². The molecule has 2 saturated heterocycles. The van der Waals surface area contributed by atoms with Crippen LogP contribution in [0.1, 0.15) is 5.56 Å². The molecule has 0 bridgehead atoms. The van der Waals surface area contributed by atoms with E-state index in [1.54, 1.807) is 16.7 Å². The van der Waals surface area contributed by atoms with Gasteiger partial charge in [0.05, 0.1) is 16.6 Å². The van der Waals surface area contributed by atoms with Crippen molar-refractivity contribution >= 4 is 35.1 Å². The van der Waals surface area contributed by atoms with Crippen LogP contribution >= 0.6 is 23.4 Å². The first kappa shape index (κ1) is 17.6. The van der Waals surface area contributed by atoms with Crippen LogP contribution in [0.3, 0.4) is 0 Å². The van der Waals surface area contributed by atoms with Gasteiger partial charge in [-0.3, -0.25) is 10.1 Å². The van der Waals surface area contributed by atoms with Crippen molar-refractivity contribution in [1.29, 1.82) is 0 Å². The van der Waals surface area contributed by atoms with Crippen LogP contribution in [0, 0.1) is 0 Å². The molecule has 3 rings (SSSR count). The van der Waals surface area contributed by atoms with Crippen LogP contribution in [0.2, 0.25) is 5.02 Å². The molecule has 1 aromatic rings. The number of aromatic nitrogens is 1. The van der Waals surface area contributed by atoms with Gasteiger partial charge in [0.1, 0.15) is 5.82 Å². The van der Waals surface area contributed by atoms with Crippen molar-refractivity contribution in [2.24, 2.45) is 0 Å². The number of carbonyl (C=O) groups is 1. The Labute approximate surface area is 146 Å². The maximum atomic E-state index is 12.7. The molecule has 1 N–H and O–H groups in total. The maximum Gasteiger partial charge on any atom is 0.417 e. The molecule has 1 amide bonds. The van der Waals surface area contributed by atoms with Crippen LogP contribution in [-0.4, -0.2) is 59.6 Å². The fraction of sp³-hybridized carbons (Fsp3) is 0.571. The minimum absolute atomic E-state index is 0.0292. The van der Waals surface area contributed by atoms with Gasteiger partial charge in [-0.25, -0.2) is 4.98 Å². The smallest absolute Gasteiger partial charge is 0.352 e. The lowest BCUT2D eigenvalue weighted by Gasteiger charge is -2.36. The fourth-order valence-corrected chi connectivity index (χ4v) is 3.95. The summed E-state index contributed by atoms with van der Waals surface area (Å²) in [6, 6.07) is 0.746. The molecule has 0 radical (unpaired) electrons. The van der Waals surface area contributed by atoms with Gasteiger partial charge in [0.2, 0.25) is 5.91 Å². The zero-order valence-corrected chi connectivity index (χ0v) is 14.2. The summed E-state index contributed by atoms with van der Waals surface area (Å²) in [5.41, 5.74) is -0.866. The van der Waals surface area contributed by atoms with Crippen LogP contribution in [0.25, 0.3) is 0 Å². The highest BCUT2D eigenvalue weighted by Crippen LogP contribution is 2.33. The molecule has 0 aliphatic carbocycles. The Hall–Kier alpha value is -1.19. The lowest BCUT2D eigenvalue weighted by molar-refractivity contribution is -0.138. The van der Waals surface area contributed by atoms with Crippen LogP contribution in [0.15, 0.2) is 12.3 Å². The highest BCUT2D eigenvalue weighted by Gasteiger charge is 2.33. The number of pyridine rings is 1. The lowest BCUT2D eigenvalue weighted by Crippen LogP contribution is -2.53. The number of anilines is 1. The van der Waals surface area contributed by atoms with Gasteiger partial charge in [-0.15, -0.1) is 11.8 Å². The summed E-state index contributed by atoms with van der Waals surface area (Å²) in [5, 5.41) is 3.11. The molecule has 1 atom stereocenters. The topological polar surface area (TPSA) is 48.5 Å². The Kier molecular flexibility index (Phi) is 5.12. The average molecular weight is 381 g/mol. The molecule has 0 saturated carbocycles. The molecule has 2 aliphatic heterocycles. The second-order valence-corrected chi connectivity index (χ2v) is 7.05. The van der Waals surface area contributed by atoms with E-state index in [1.165, 1.54) is 0 Å². The normalized spacial score (nSPS) is 22.1. The first-order valence-electron chi connectivity index (χ1n) is 7.44. The van der Waals surface area contributed by atoms with E-state index in [0.717, 1.165) is 23.9 Å². The molecule has 24 heavy (non-hydrogen) atoms. The summed E-state index contributed by atoms with van der Waals surface area (Å²) in [6.45, 7) is 1.98. The summed E-state index contributed by atoms with van der Waals surface area (Å²) in [6.07, 6.45) is -3.68. The van der Waals surface area contributed by atoms with Crippen molar-refractivity contribution in [3.8, 4) is 0 Å². The third-order valence-corrected chi connectivity index (χ3v) is 5.27. The molecule has 2 aliphatic rings. The van der Waals surface area contributed by atoms with Gasteiger partial charge in [-0.2, -0.15) is 13.2 Å². The SMILES string of the molecule is O=C([C@@H]1CSCN1)N1CCN(c2ncc(C(F)(F)F)cc2Cl)CC1. The minimum atomic E-state index is -4.47. The first-order chi connectivity index (χ1) is 11.4. The van der Waals surface area contributed by atoms with Gasteiger partial charge in [0, 0.05) is 44.0 Å². The summed E-state index contributed by atoms with van der Waals surface area (Å²) < 4.78 is 38.0. The van der Waals surface area contributed by atoms with Gasteiger partial charge < -0.3 is 9.80 Å². The molecule has 5 nitrogen and oxygen atoms in total. The quantitative estimate of drug-likeness (QED) is 0.851. The Morgan fingerprint density at radius 2 is 2.04 bits per heavy atom. The highest BCUT2D eigenvalue weighted by molar-refractivity contribution is 7.99. The number of rotatable bonds is 2. The predicted molar refractivity (Wildman–Crippen MR) is 87.3 cm³/mol. The highest BCUT2D eigenvalue weighted by atomic mass is 35.5. The second kappa shape index (κ2) is 6.97. The number of thioether (sulfide) groups is 1. The summed E-state index contributed by atoms with van der Waals surface area (Å²) in [4.78, 5) is 19.8. The van der Waals surface area contributed by atoms with Gasteiger partial charge >= 0.3 is 6.18 Å². The van der Waals surface area contributed by atoms with E-state index in [2.05, 4.69) is 10.3 Å². The molecular formula is C14H16ClF3N4OS. The Balaban J connectivity index is 1.63. The van der Waals surface area contributed by atoms with E-state index in [0.29, 0.717) is 32.0 Å². The molecule has 0 unspecified atom stereocenters. The molecule has 0 spiro atoms. The number of nitrogens with one attached hydrogen (secondary N) is 1. The van der Waals surface area contributed by atoms with E-state index in [9.17, 15) is 18.0 Å². The number of hydrogen-bond acceptors (Lipinski definition) is 5. The van der Waals surface area contributed by atoms with Crippen LogP contribution in [-0.2, 0) is 11.0 Å². The van der Waals surface area contributed by atoms with Crippen LogP contribution < -0.4 is 10.2 Å². The Morgan fingerprint density at radius 3 is 2.58 bits per heavy atom. The van der Waals surface area contributed by atoms with E-state index >= 15 is 0 Å². The van der Waals surface area contributed by atoms with E-state index in [4.69, 9.17) is 11.6 Å². The summed E-state index contributed by atoms with van der Waals surface area (Å²) >= 11 is 7.66. The van der Waals surface area contributed by atoms with Gasteiger partial charge in [0.15, 0.2) is 0 Å². The van der Waals surface area contributed by atoms with E-state index in [-0.39, 0.29) is 17.0 Å². The van der Waals surface area contributed by atoms with Crippen LogP contribution in [0.5, 0.6) is 0 Å². The summed E-state index contributed by atoms with van der Waals surface area (Å²) in [5.74, 6) is 1.95. The monoisotopic (exact) mass is 380 g/mol. The van der Waals surface area contributed by atoms with E-state index < -0.39 is 11.7 Å². The third-order valence-electron chi connectivity index (χ3n) is 4.05. The predicted octanol–water partition coefficient (Wildman–Crippen LogP) is 2.06. The van der Waals surface area contributed by atoms with Crippen molar-refractivity contribution < 1.29 is 18.0 Å². The Bertz CT molecular complexity index is 617. The number of amides is 1. The van der Waals surface area contributed by atoms with Crippen molar-refractivity contribution in [3.05, 3.63) is 22.8 Å². The fourth-order valence-electron chi connectivity index (χ4n) is 2.73. The maximum absolute atomic E-state index is 12.7. The molecule has 1 aromatic heterocycles. The number of carbonyl (C=O) groups excluding carboxylic acids is 1. The summed E-state index contributed by atoms with van der Waals surface area (Å²) in [7, 11) is 0. The average Bonchev–Trinajstić information content (AvgIpc) is 3.08. The van der Waals surface area contributed by atoms with E-state index in [1.807, 2.05) is 4.90 Å². The first-order valence-corrected chi connectivity index (χ1v) is 8.97. The van der Waals surface area contributed by atoms with Crippen molar-refractivity contribution in [2.45, 2.75) is 12.2 Å². The van der Waals surface area contributed by atoms with Crippen molar-refractivity contribution in [3.63, 3.8) is 0 Å². The molecule has 2 fully saturated rings. The third kappa shape index (κ3) is 3.73. The molecule has 0 aromatic carbocycles. The standard InChI is InChI=1S/C14H16ClF3N4OS/c15-10-5-9(14(16,17)18)6-19-12(10)21-1-3-22(4-2-21)13(23)11-7-24-8-20-11/h5-6,11,20H,1-4,7-8H2/t11-/m0/s1. The Morgan fingerprint density at radius 1 is 1.33 bits per heavy atom. The number of halogens is 4. The zero-order valence-electron chi connectivity index (χ0n) is 12.6. The molecular weight excluding hydrogens is 365 g/mol.